The van der Waals surface area contributed by atoms with Crippen LogP contribution in [0, 0.1) is 0 Å². The van der Waals surface area contributed by atoms with Crippen molar-refractivity contribution < 1.29 is 9.90 Å². The van der Waals surface area contributed by atoms with E-state index in [1.807, 2.05) is 0 Å². The molecule has 0 aliphatic rings. The Bertz CT molecular complexity index is 373. The van der Waals surface area contributed by atoms with E-state index in [1.165, 1.54) is 12.4 Å². The lowest BCUT2D eigenvalue weighted by Gasteiger charge is -2.03. The molecule has 0 aromatic carbocycles. The van der Waals surface area contributed by atoms with Gasteiger partial charge in [-0.2, -0.15) is 0 Å². The number of aromatic nitrogens is 2. The number of allylic oxidation sites excluding steroid dienone is 1. The molecule has 1 aromatic rings. The molecule has 1 heterocycles. The molecule has 5 nitrogen and oxygen atoms in total. The van der Waals surface area contributed by atoms with Crippen molar-refractivity contribution in [1.29, 1.82) is 0 Å². The number of halogens is 1. The Morgan fingerprint density at radius 1 is 1.60 bits per heavy atom. The van der Waals surface area contributed by atoms with E-state index in [0.717, 1.165) is 6.08 Å². The van der Waals surface area contributed by atoms with E-state index in [4.69, 9.17) is 22.4 Å². The fraction of sp³-hybridized carbons (Fsp3) is 0.222. The van der Waals surface area contributed by atoms with Crippen LogP contribution in [0.5, 0.6) is 0 Å². The summed E-state index contributed by atoms with van der Waals surface area (Å²) in [5.74, 6) is -0.642. The van der Waals surface area contributed by atoms with Crippen molar-refractivity contribution in [2.75, 3.05) is 5.73 Å². The van der Waals surface area contributed by atoms with Gasteiger partial charge in [0.1, 0.15) is 17.3 Å². The first-order chi connectivity index (χ1) is 7.11. The Balaban J connectivity index is 2.61. The van der Waals surface area contributed by atoms with Gasteiger partial charge < -0.3 is 10.8 Å². The zero-order valence-electron chi connectivity index (χ0n) is 7.85. The minimum absolute atomic E-state index is 0.311. The largest absolute Gasteiger partial charge is 0.478 e. The zero-order valence-corrected chi connectivity index (χ0v) is 8.61. The number of hydrogen-bond acceptors (Lipinski definition) is 4. The van der Waals surface area contributed by atoms with Gasteiger partial charge in [-0.3, -0.25) is 0 Å². The molecule has 1 rings (SSSR count). The minimum atomic E-state index is -0.974. The van der Waals surface area contributed by atoms with Crippen molar-refractivity contribution in [2.24, 2.45) is 0 Å². The molecule has 6 heteroatoms. The highest BCUT2D eigenvalue weighted by molar-refractivity contribution is 6.30. The monoisotopic (exact) mass is 227 g/mol. The summed E-state index contributed by atoms with van der Waals surface area (Å²) < 4.78 is 0. The van der Waals surface area contributed by atoms with Gasteiger partial charge in [-0.15, -0.1) is 0 Å². The van der Waals surface area contributed by atoms with Gasteiger partial charge in [0.2, 0.25) is 0 Å². The number of carboxylic acids is 1. The third-order valence-electron chi connectivity index (χ3n) is 1.75. The molecule has 0 radical (unpaired) electrons. The molecule has 3 N–H and O–H groups in total. The maximum absolute atomic E-state index is 10.2. The van der Waals surface area contributed by atoms with E-state index >= 15 is 0 Å². The third-order valence-corrected chi connectivity index (χ3v) is 2.07. The average molecular weight is 228 g/mol. The van der Waals surface area contributed by atoms with E-state index in [-0.39, 0.29) is 0 Å². The van der Waals surface area contributed by atoms with Crippen LogP contribution in [0.25, 0.3) is 0 Å². The first-order valence-electron chi connectivity index (χ1n) is 4.25. The van der Waals surface area contributed by atoms with Crippen molar-refractivity contribution in [3.05, 3.63) is 29.2 Å². The highest BCUT2D eigenvalue weighted by atomic mass is 35.5. The van der Waals surface area contributed by atoms with Crippen molar-refractivity contribution in [1.82, 2.24) is 9.97 Å². The van der Waals surface area contributed by atoms with Gasteiger partial charge in [0, 0.05) is 11.6 Å². The number of nitrogens with zero attached hydrogens (tertiary/aromatic N) is 2. The molecular formula is C9H10ClN3O2. The molecular weight excluding hydrogens is 218 g/mol. The molecule has 0 unspecified atom stereocenters. The minimum Gasteiger partial charge on any atom is -0.478 e. The molecule has 0 bridgehead atoms. The Kier molecular flexibility index (Phi) is 4.05. The van der Waals surface area contributed by atoms with Gasteiger partial charge in [-0.25, -0.2) is 14.8 Å². The van der Waals surface area contributed by atoms with Crippen LogP contribution in [0.15, 0.2) is 18.5 Å². The van der Waals surface area contributed by atoms with Gasteiger partial charge in [-0.05, 0) is 12.8 Å². The molecule has 0 fully saturated rings. The third kappa shape index (κ3) is 3.55. The van der Waals surface area contributed by atoms with Crippen LogP contribution in [-0.4, -0.2) is 21.0 Å². The maximum Gasteiger partial charge on any atom is 0.327 e. The molecule has 0 amide bonds. The predicted molar refractivity (Wildman–Crippen MR) is 56.6 cm³/mol. The number of nitrogens with two attached hydrogens (primary N) is 1. The summed E-state index contributed by atoms with van der Waals surface area (Å²) in [5.41, 5.74) is 6.23. The average Bonchev–Trinajstić information content (AvgIpc) is 2.15. The van der Waals surface area contributed by atoms with Gasteiger partial charge in [0.25, 0.3) is 0 Å². The number of anilines is 1. The van der Waals surface area contributed by atoms with Crippen LogP contribution in [0.4, 0.5) is 5.82 Å². The lowest BCUT2D eigenvalue weighted by Crippen LogP contribution is -2.00. The molecule has 80 valence electrons. The van der Waals surface area contributed by atoms with Crippen molar-refractivity contribution >= 4 is 23.4 Å². The van der Waals surface area contributed by atoms with Crippen LogP contribution < -0.4 is 5.73 Å². The lowest BCUT2D eigenvalue weighted by atomic mass is 10.1. The molecule has 1 aromatic heterocycles. The topological polar surface area (TPSA) is 89.1 Å². The van der Waals surface area contributed by atoms with Gasteiger partial charge in [-0.1, -0.05) is 17.7 Å². The number of carbonyl (C=O) groups is 1. The molecule has 0 aliphatic carbocycles. The lowest BCUT2D eigenvalue weighted by molar-refractivity contribution is -0.131. The molecule has 0 aliphatic heterocycles. The summed E-state index contributed by atoms with van der Waals surface area (Å²) in [5, 5.41) is 8.67. The Morgan fingerprint density at radius 2 is 2.33 bits per heavy atom. The zero-order chi connectivity index (χ0) is 11.3. The highest BCUT2D eigenvalue weighted by Gasteiger charge is 2.05. The second kappa shape index (κ2) is 5.31. The van der Waals surface area contributed by atoms with Crippen LogP contribution in [0.3, 0.4) is 0 Å². The fourth-order valence-corrected chi connectivity index (χ4v) is 1.28. The SMILES string of the molecule is Nc1ncnc(Cl)c1CCC=CC(=O)O. The summed E-state index contributed by atoms with van der Waals surface area (Å²) in [6, 6.07) is 0. The summed E-state index contributed by atoms with van der Waals surface area (Å²) in [6.45, 7) is 0. The van der Waals surface area contributed by atoms with Gasteiger partial charge in [0.05, 0.1) is 0 Å². The Morgan fingerprint density at radius 3 is 2.93 bits per heavy atom. The number of aliphatic carboxylic acids is 1. The maximum atomic E-state index is 10.2. The molecule has 0 saturated heterocycles. The Labute approximate surface area is 91.6 Å². The second-order valence-corrected chi connectivity index (χ2v) is 3.17. The predicted octanol–water partition coefficient (Wildman–Crippen LogP) is 1.29. The molecule has 0 saturated carbocycles. The van der Waals surface area contributed by atoms with E-state index < -0.39 is 5.97 Å². The van der Waals surface area contributed by atoms with Gasteiger partial charge in [0.15, 0.2) is 0 Å². The summed E-state index contributed by atoms with van der Waals surface area (Å²) in [6.07, 6.45) is 4.95. The number of hydrogen-bond donors (Lipinski definition) is 2. The fourth-order valence-electron chi connectivity index (χ4n) is 1.05. The van der Waals surface area contributed by atoms with E-state index in [2.05, 4.69) is 9.97 Å². The molecule has 0 spiro atoms. The van der Waals surface area contributed by atoms with E-state index in [0.29, 0.717) is 29.4 Å². The first-order valence-corrected chi connectivity index (χ1v) is 4.63. The summed E-state index contributed by atoms with van der Waals surface area (Å²) in [4.78, 5) is 17.8. The van der Waals surface area contributed by atoms with Crippen LogP contribution in [-0.2, 0) is 11.2 Å². The van der Waals surface area contributed by atoms with Gasteiger partial charge >= 0.3 is 5.97 Å². The van der Waals surface area contributed by atoms with Crippen LogP contribution in [0.1, 0.15) is 12.0 Å². The first kappa shape index (κ1) is 11.5. The van der Waals surface area contributed by atoms with Crippen LogP contribution >= 0.6 is 11.6 Å². The van der Waals surface area contributed by atoms with Crippen molar-refractivity contribution in [3.63, 3.8) is 0 Å². The normalized spacial score (nSPS) is 10.7. The molecule has 15 heavy (non-hydrogen) atoms. The number of nitrogen functional groups attached to an aromatic ring is 1. The smallest absolute Gasteiger partial charge is 0.327 e. The van der Waals surface area contributed by atoms with E-state index in [1.54, 1.807) is 0 Å². The Hall–Kier alpha value is -1.62. The standard InChI is InChI=1S/C9H10ClN3O2/c10-8-6(9(11)13-5-12-8)3-1-2-4-7(14)15/h2,4-5H,1,3H2,(H,14,15)(H2,11,12,13). The summed E-state index contributed by atoms with van der Waals surface area (Å²) >= 11 is 5.80. The number of carboxylic acid groups (broad SMARTS) is 1. The second-order valence-electron chi connectivity index (χ2n) is 2.81. The van der Waals surface area contributed by atoms with Crippen molar-refractivity contribution in [3.8, 4) is 0 Å². The quantitative estimate of drug-likeness (QED) is 0.598. The van der Waals surface area contributed by atoms with E-state index in [9.17, 15) is 4.79 Å². The highest BCUT2D eigenvalue weighted by Crippen LogP contribution is 2.18. The van der Waals surface area contributed by atoms with Crippen molar-refractivity contribution in [2.45, 2.75) is 12.8 Å². The van der Waals surface area contributed by atoms with Crippen LogP contribution in [0.2, 0.25) is 5.15 Å². The number of rotatable bonds is 4. The molecule has 0 atom stereocenters. The summed E-state index contributed by atoms with van der Waals surface area (Å²) in [7, 11) is 0.